The second-order valence-corrected chi connectivity index (χ2v) is 4.72. The van der Waals surface area contributed by atoms with E-state index in [0.29, 0.717) is 12.6 Å². The van der Waals surface area contributed by atoms with Crippen molar-refractivity contribution in [3.05, 3.63) is 46.0 Å². The second-order valence-electron chi connectivity index (χ2n) is 4.72. The third-order valence-electron chi connectivity index (χ3n) is 3.22. The molecule has 1 unspecified atom stereocenters. The molecule has 0 radical (unpaired) electrons. The van der Waals surface area contributed by atoms with E-state index in [1.165, 1.54) is 18.2 Å². The van der Waals surface area contributed by atoms with E-state index in [9.17, 15) is 14.9 Å². The molecule has 20 heavy (non-hydrogen) atoms. The summed E-state index contributed by atoms with van der Waals surface area (Å²) in [4.78, 5) is 21.7. The number of nitrogens with zero attached hydrogens (tertiary/aromatic N) is 1. The number of carbonyl (C=O) groups excluding carboxylic acids is 1. The van der Waals surface area contributed by atoms with Crippen molar-refractivity contribution in [1.29, 1.82) is 0 Å². The first kappa shape index (κ1) is 14.2. The number of nitrogens with one attached hydrogen (secondary N) is 2. The molecule has 1 fully saturated rings. The van der Waals surface area contributed by atoms with Crippen LogP contribution < -0.4 is 10.6 Å². The van der Waals surface area contributed by atoms with E-state index < -0.39 is 4.92 Å². The van der Waals surface area contributed by atoms with Crippen LogP contribution in [-0.2, 0) is 4.79 Å². The van der Waals surface area contributed by atoms with Gasteiger partial charge in [0.15, 0.2) is 0 Å². The standard InChI is InChI=1S/C14H17N3O3/c18-14(16-10-12-2-1-9-15-12)8-5-11-3-6-13(7-4-11)17(19)20/h3-8,12,15H,1-2,9-10H2,(H,16,18). The number of benzene rings is 1. The Kier molecular flexibility index (Phi) is 4.84. The van der Waals surface area contributed by atoms with Gasteiger partial charge in [0, 0.05) is 30.8 Å². The minimum atomic E-state index is -0.450. The summed E-state index contributed by atoms with van der Waals surface area (Å²) >= 11 is 0. The van der Waals surface area contributed by atoms with Gasteiger partial charge in [-0.3, -0.25) is 14.9 Å². The highest BCUT2D eigenvalue weighted by Crippen LogP contribution is 2.12. The predicted molar refractivity (Wildman–Crippen MR) is 76.2 cm³/mol. The molecule has 6 heteroatoms. The van der Waals surface area contributed by atoms with Crippen molar-refractivity contribution in [1.82, 2.24) is 10.6 Å². The molecule has 2 N–H and O–H groups in total. The average Bonchev–Trinajstić information content (AvgIpc) is 2.96. The lowest BCUT2D eigenvalue weighted by atomic mass is 10.2. The molecule has 1 saturated heterocycles. The summed E-state index contributed by atoms with van der Waals surface area (Å²) < 4.78 is 0. The van der Waals surface area contributed by atoms with Crippen LogP contribution in [-0.4, -0.2) is 30.0 Å². The van der Waals surface area contributed by atoms with Crippen LogP contribution in [0.25, 0.3) is 6.08 Å². The van der Waals surface area contributed by atoms with Crippen molar-refractivity contribution >= 4 is 17.7 Å². The summed E-state index contributed by atoms with van der Waals surface area (Å²) in [5, 5.41) is 16.6. The van der Waals surface area contributed by atoms with Gasteiger partial charge in [-0.2, -0.15) is 0 Å². The predicted octanol–water partition coefficient (Wildman–Crippen LogP) is 1.48. The topological polar surface area (TPSA) is 84.3 Å². The molecule has 0 saturated carbocycles. The second kappa shape index (κ2) is 6.81. The quantitative estimate of drug-likeness (QED) is 0.484. The third kappa shape index (κ3) is 4.17. The average molecular weight is 275 g/mol. The zero-order valence-corrected chi connectivity index (χ0v) is 11.0. The van der Waals surface area contributed by atoms with Crippen LogP contribution in [0.5, 0.6) is 0 Å². The van der Waals surface area contributed by atoms with Crippen molar-refractivity contribution in [2.75, 3.05) is 13.1 Å². The minimum absolute atomic E-state index is 0.0407. The Morgan fingerprint density at radius 3 is 2.80 bits per heavy atom. The number of nitro benzene ring substituents is 1. The molecule has 0 bridgehead atoms. The van der Waals surface area contributed by atoms with Crippen LogP contribution in [0.4, 0.5) is 5.69 Å². The third-order valence-corrected chi connectivity index (χ3v) is 3.22. The smallest absolute Gasteiger partial charge is 0.269 e. The van der Waals surface area contributed by atoms with Crippen LogP contribution in [0.2, 0.25) is 0 Å². The molecular weight excluding hydrogens is 258 g/mol. The monoisotopic (exact) mass is 275 g/mol. The molecule has 6 nitrogen and oxygen atoms in total. The van der Waals surface area contributed by atoms with Gasteiger partial charge in [-0.15, -0.1) is 0 Å². The summed E-state index contributed by atoms with van der Waals surface area (Å²) in [6.45, 7) is 1.64. The van der Waals surface area contributed by atoms with Crippen molar-refractivity contribution in [2.24, 2.45) is 0 Å². The molecule has 1 aliphatic heterocycles. The number of carbonyl (C=O) groups is 1. The van der Waals surface area contributed by atoms with Gasteiger partial charge < -0.3 is 10.6 Å². The van der Waals surface area contributed by atoms with E-state index in [1.54, 1.807) is 18.2 Å². The zero-order valence-electron chi connectivity index (χ0n) is 11.0. The molecule has 1 amide bonds. The Balaban J connectivity index is 1.81. The van der Waals surface area contributed by atoms with Gasteiger partial charge in [-0.25, -0.2) is 0 Å². The molecule has 1 aliphatic rings. The SMILES string of the molecule is O=C(C=Cc1ccc([N+](=O)[O-])cc1)NCC1CCCN1. The van der Waals surface area contributed by atoms with E-state index in [2.05, 4.69) is 10.6 Å². The van der Waals surface area contributed by atoms with Crippen LogP contribution in [0.1, 0.15) is 18.4 Å². The molecule has 1 aromatic rings. The first-order chi connectivity index (χ1) is 9.65. The van der Waals surface area contributed by atoms with Crippen LogP contribution >= 0.6 is 0 Å². The Morgan fingerprint density at radius 2 is 2.20 bits per heavy atom. The number of non-ortho nitro benzene ring substituents is 1. The van der Waals surface area contributed by atoms with Gasteiger partial charge in [0.25, 0.3) is 5.69 Å². The van der Waals surface area contributed by atoms with Crippen molar-refractivity contribution in [3.8, 4) is 0 Å². The van der Waals surface area contributed by atoms with Gasteiger partial charge in [0.2, 0.25) is 5.91 Å². The van der Waals surface area contributed by atoms with Crippen LogP contribution in [0, 0.1) is 10.1 Å². The van der Waals surface area contributed by atoms with Gasteiger partial charge in [-0.1, -0.05) is 0 Å². The highest BCUT2D eigenvalue weighted by atomic mass is 16.6. The maximum Gasteiger partial charge on any atom is 0.269 e. The van der Waals surface area contributed by atoms with E-state index in [4.69, 9.17) is 0 Å². The fourth-order valence-electron chi connectivity index (χ4n) is 2.09. The van der Waals surface area contributed by atoms with Crippen molar-refractivity contribution < 1.29 is 9.72 Å². The molecule has 1 atom stereocenters. The lowest BCUT2D eigenvalue weighted by Crippen LogP contribution is -2.36. The van der Waals surface area contributed by atoms with Crippen molar-refractivity contribution in [2.45, 2.75) is 18.9 Å². The first-order valence-corrected chi connectivity index (χ1v) is 6.59. The Morgan fingerprint density at radius 1 is 1.45 bits per heavy atom. The fraction of sp³-hybridized carbons (Fsp3) is 0.357. The minimum Gasteiger partial charge on any atom is -0.351 e. The number of hydrogen-bond acceptors (Lipinski definition) is 4. The summed E-state index contributed by atoms with van der Waals surface area (Å²) in [6, 6.07) is 6.42. The first-order valence-electron chi connectivity index (χ1n) is 6.59. The number of nitro groups is 1. The summed E-state index contributed by atoms with van der Waals surface area (Å²) in [6.07, 6.45) is 5.32. The largest absolute Gasteiger partial charge is 0.351 e. The molecule has 2 rings (SSSR count). The molecule has 106 valence electrons. The number of amides is 1. The lowest BCUT2D eigenvalue weighted by molar-refractivity contribution is -0.384. The van der Waals surface area contributed by atoms with Gasteiger partial charge >= 0.3 is 0 Å². The van der Waals surface area contributed by atoms with E-state index >= 15 is 0 Å². The Bertz CT molecular complexity index is 505. The molecule has 1 heterocycles. The molecule has 0 aromatic heterocycles. The van der Waals surface area contributed by atoms with E-state index in [-0.39, 0.29) is 11.6 Å². The highest BCUT2D eigenvalue weighted by molar-refractivity contribution is 5.91. The number of rotatable bonds is 5. The molecule has 0 aliphatic carbocycles. The van der Waals surface area contributed by atoms with E-state index in [0.717, 1.165) is 24.9 Å². The molecular formula is C14H17N3O3. The summed E-state index contributed by atoms with van der Waals surface area (Å²) in [5.41, 5.74) is 0.795. The maximum atomic E-state index is 11.6. The maximum absolute atomic E-state index is 11.6. The van der Waals surface area contributed by atoms with Gasteiger partial charge in [0.05, 0.1) is 4.92 Å². The molecule has 0 spiro atoms. The normalized spacial score (nSPS) is 18.3. The Hall–Kier alpha value is -2.21. The van der Waals surface area contributed by atoms with Gasteiger partial charge in [-0.05, 0) is 43.2 Å². The van der Waals surface area contributed by atoms with Gasteiger partial charge in [0.1, 0.15) is 0 Å². The summed E-state index contributed by atoms with van der Waals surface area (Å²) in [5.74, 6) is -0.156. The lowest BCUT2D eigenvalue weighted by Gasteiger charge is -2.09. The van der Waals surface area contributed by atoms with E-state index in [1.807, 2.05) is 0 Å². The zero-order chi connectivity index (χ0) is 14.4. The van der Waals surface area contributed by atoms with Crippen LogP contribution in [0.15, 0.2) is 30.3 Å². The van der Waals surface area contributed by atoms with Crippen LogP contribution in [0.3, 0.4) is 0 Å². The van der Waals surface area contributed by atoms with Crippen molar-refractivity contribution in [3.63, 3.8) is 0 Å². The summed E-state index contributed by atoms with van der Waals surface area (Å²) in [7, 11) is 0. The molecule has 1 aromatic carbocycles. The highest BCUT2D eigenvalue weighted by Gasteiger charge is 2.13. The number of hydrogen-bond donors (Lipinski definition) is 2. The fourth-order valence-corrected chi connectivity index (χ4v) is 2.09. The Labute approximate surface area is 117 Å².